The van der Waals surface area contributed by atoms with Crippen LogP contribution >= 0.6 is 27.5 Å². The van der Waals surface area contributed by atoms with Gasteiger partial charge in [0.1, 0.15) is 5.82 Å². The highest BCUT2D eigenvalue weighted by Crippen LogP contribution is 2.32. The van der Waals surface area contributed by atoms with Gasteiger partial charge in [-0.25, -0.2) is 4.39 Å². The lowest BCUT2D eigenvalue weighted by Crippen LogP contribution is -2.22. The second-order valence-electron chi connectivity index (χ2n) is 5.13. The van der Waals surface area contributed by atoms with Crippen LogP contribution in [0.4, 0.5) is 4.39 Å². The minimum absolute atomic E-state index is 0.0476. The highest BCUT2D eigenvalue weighted by atomic mass is 79.9. The Morgan fingerprint density at radius 1 is 1.19 bits per heavy atom. The van der Waals surface area contributed by atoms with Crippen LogP contribution in [-0.4, -0.2) is 6.54 Å². The van der Waals surface area contributed by atoms with Crippen molar-refractivity contribution in [1.82, 2.24) is 5.32 Å². The molecule has 0 saturated heterocycles. The Bertz CT molecular complexity index is 634. The molecule has 0 aliphatic heterocycles. The van der Waals surface area contributed by atoms with E-state index in [1.807, 2.05) is 37.3 Å². The Morgan fingerprint density at radius 2 is 1.81 bits per heavy atom. The summed E-state index contributed by atoms with van der Waals surface area (Å²) in [7, 11) is 0. The van der Waals surface area contributed by atoms with Gasteiger partial charge in [0.25, 0.3) is 0 Å². The molecule has 1 atom stereocenters. The summed E-state index contributed by atoms with van der Waals surface area (Å²) in [6.45, 7) is 6.42. The van der Waals surface area contributed by atoms with Crippen molar-refractivity contribution < 1.29 is 4.39 Å². The molecule has 0 spiro atoms. The third-order valence-electron chi connectivity index (χ3n) is 3.47. The molecule has 0 amide bonds. The van der Waals surface area contributed by atoms with Crippen LogP contribution in [0.5, 0.6) is 0 Å². The molecule has 2 rings (SSSR count). The van der Waals surface area contributed by atoms with Gasteiger partial charge in [0.05, 0.1) is 6.04 Å². The largest absolute Gasteiger partial charge is 0.306 e. The molecule has 112 valence electrons. The van der Waals surface area contributed by atoms with Crippen molar-refractivity contribution in [2.24, 2.45) is 0 Å². The van der Waals surface area contributed by atoms with Crippen LogP contribution < -0.4 is 5.32 Å². The topological polar surface area (TPSA) is 12.0 Å². The minimum Gasteiger partial charge on any atom is -0.306 e. The van der Waals surface area contributed by atoms with Gasteiger partial charge in [-0.15, -0.1) is 0 Å². The van der Waals surface area contributed by atoms with Gasteiger partial charge >= 0.3 is 0 Å². The maximum atomic E-state index is 13.8. The van der Waals surface area contributed by atoms with Crippen LogP contribution in [0, 0.1) is 19.7 Å². The van der Waals surface area contributed by atoms with E-state index < -0.39 is 0 Å². The summed E-state index contributed by atoms with van der Waals surface area (Å²) in [5, 5.41) is 4.12. The average molecular weight is 371 g/mol. The van der Waals surface area contributed by atoms with E-state index in [1.165, 1.54) is 0 Å². The highest BCUT2D eigenvalue weighted by Gasteiger charge is 2.18. The lowest BCUT2D eigenvalue weighted by molar-refractivity contribution is 0.598. The fraction of sp³-hybridized carbons (Fsp3) is 0.294. The van der Waals surface area contributed by atoms with Crippen LogP contribution in [0.1, 0.15) is 35.2 Å². The summed E-state index contributed by atoms with van der Waals surface area (Å²) in [5.74, 6) is -0.143. The van der Waals surface area contributed by atoms with Crippen LogP contribution in [0.3, 0.4) is 0 Å². The number of benzene rings is 2. The summed E-state index contributed by atoms with van der Waals surface area (Å²) in [4.78, 5) is 0. The first-order chi connectivity index (χ1) is 9.93. The smallest absolute Gasteiger partial charge is 0.129 e. The molecule has 0 bridgehead atoms. The van der Waals surface area contributed by atoms with Crippen LogP contribution in [0.25, 0.3) is 0 Å². The predicted molar refractivity (Wildman–Crippen MR) is 90.5 cm³/mol. The number of nitrogens with one attached hydrogen (secondary N) is 1. The maximum absolute atomic E-state index is 13.8. The number of hydrogen-bond acceptors (Lipinski definition) is 1. The van der Waals surface area contributed by atoms with E-state index in [1.54, 1.807) is 13.8 Å². The van der Waals surface area contributed by atoms with E-state index in [2.05, 4.69) is 21.2 Å². The third-order valence-corrected chi connectivity index (χ3v) is 4.29. The molecule has 0 fully saturated rings. The van der Waals surface area contributed by atoms with Crippen molar-refractivity contribution in [1.29, 1.82) is 0 Å². The number of hydrogen-bond donors (Lipinski definition) is 1. The van der Waals surface area contributed by atoms with E-state index in [-0.39, 0.29) is 11.9 Å². The summed E-state index contributed by atoms with van der Waals surface area (Å²) in [6.07, 6.45) is 0. The molecule has 1 N–H and O–H groups in total. The molecule has 1 unspecified atom stereocenters. The predicted octanol–water partition coefficient (Wildman–Crippen LogP) is 5.56. The normalized spacial score (nSPS) is 12.5. The Labute approximate surface area is 138 Å². The Hall–Kier alpha value is -0.900. The van der Waals surface area contributed by atoms with Crippen molar-refractivity contribution in [3.8, 4) is 0 Å². The molecular formula is C17H18BrClFN. The second-order valence-corrected chi connectivity index (χ2v) is 6.45. The molecule has 0 radical (unpaired) electrons. The first-order valence-electron chi connectivity index (χ1n) is 6.89. The molecule has 21 heavy (non-hydrogen) atoms. The zero-order valence-corrected chi connectivity index (χ0v) is 14.6. The van der Waals surface area contributed by atoms with Gasteiger partial charge in [-0.1, -0.05) is 52.7 Å². The van der Waals surface area contributed by atoms with Gasteiger partial charge in [0.2, 0.25) is 0 Å². The SMILES string of the molecule is CCNC(c1cc(C)c(F)c(C)c1)c1ccc(Br)cc1Cl. The lowest BCUT2D eigenvalue weighted by atomic mass is 9.95. The summed E-state index contributed by atoms with van der Waals surface area (Å²) in [5.41, 5.74) is 3.33. The molecule has 1 nitrogen and oxygen atoms in total. The summed E-state index contributed by atoms with van der Waals surface area (Å²) < 4.78 is 14.8. The fourth-order valence-electron chi connectivity index (χ4n) is 2.49. The zero-order chi connectivity index (χ0) is 15.6. The van der Waals surface area contributed by atoms with Crippen LogP contribution in [0.2, 0.25) is 5.02 Å². The van der Waals surface area contributed by atoms with E-state index in [9.17, 15) is 4.39 Å². The highest BCUT2D eigenvalue weighted by molar-refractivity contribution is 9.10. The molecule has 4 heteroatoms. The molecule has 2 aromatic carbocycles. The summed E-state index contributed by atoms with van der Waals surface area (Å²) in [6, 6.07) is 9.56. The molecule has 0 saturated carbocycles. The van der Waals surface area contributed by atoms with Crippen molar-refractivity contribution in [3.63, 3.8) is 0 Å². The summed E-state index contributed by atoms with van der Waals surface area (Å²) >= 11 is 9.80. The van der Waals surface area contributed by atoms with E-state index >= 15 is 0 Å². The molecular weight excluding hydrogens is 353 g/mol. The third kappa shape index (κ3) is 3.65. The van der Waals surface area contributed by atoms with Gasteiger partial charge in [0.15, 0.2) is 0 Å². The zero-order valence-electron chi connectivity index (χ0n) is 12.3. The van der Waals surface area contributed by atoms with Gasteiger partial charge in [0, 0.05) is 9.50 Å². The monoisotopic (exact) mass is 369 g/mol. The van der Waals surface area contributed by atoms with Crippen molar-refractivity contribution >= 4 is 27.5 Å². The van der Waals surface area contributed by atoms with E-state index in [0.717, 1.165) is 22.1 Å². The Kier molecular flexibility index (Phi) is 5.42. The molecule has 0 aliphatic carbocycles. The quantitative estimate of drug-likeness (QED) is 0.743. The number of halogens is 3. The average Bonchev–Trinajstić information content (AvgIpc) is 2.42. The van der Waals surface area contributed by atoms with Gasteiger partial charge in [-0.3, -0.25) is 0 Å². The Morgan fingerprint density at radius 3 is 2.33 bits per heavy atom. The standard InChI is InChI=1S/C17H18BrClFN/c1-4-21-17(14-6-5-13(18)9-15(14)19)12-7-10(2)16(20)11(3)8-12/h5-9,17,21H,4H2,1-3H3. The molecule has 0 heterocycles. The lowest BCUT2D eigenvalue weighted by Gasteiger charge is -2.21. The van der Waals surface area contributed by atoms with Gasteiger partial charge in [-0.05, 0) is 54.8 Å². The first kappa shape index (κ1) is 16.5. The van der Waals surface area contributed by atoms with Crippen molar-refractivity contribution in [2.75, 3.05) is 6.54 Å². The Balaban J connectivity index is 2.53. The maximum Gasteiger partial charge on any atom is 0.129 e. The van der Waals surface area contributed by atoms with E-state index in [0.29, 0.717) is 16.1 Å². The van der Waals surface area contributed by atoms with E-state index in [4.69, 9.17) is 11.6 Å². The molecule has 2 aromatic rings. The molecule has 0 aliphatic rings. The number of aryl methyl sites for hydroxylation is 2. The fourth-order valence-corrected chi connectivity index (χ4v) is 3.28. The van der Waals surface area contributed by atoms with Crippen molar-refractivity contribution in [3.05, 3.63) is 67.9 Å². The minimum atomic E-state index is -0.143. The second kappa shape index (κ2) is 6.91. The van der Waals surface area contributed by atoms with Gasteiger partial charge in [-0.2, -0.15) is 0 Å². The van der Waals surface area contributed by atoms with Crippen LogP contribution in [-0.2, 0) is 0 Å². The van der Waals surface area contributed by atoms with Gasteiger partial charge < -0.3 is 5.32 Å². The van der Waals surface area contributed by atoms with Crippen LogP contribution in [0.15, 0.2) is 34.8 Å². The molecule has 0 aromatic heterocycles. The first-order valence-corrected chi connectivity index (χ1v) is 8.06. The van der Waals surface area contributed by atoms with Crippen molar-refractivity contribution in [2.45, 2.75) is 26.8 Å². The number of rotatable bonds is 4.